The van der Waals surface area contributed by atoms with E-state index in [4.69, 9.17) is 4.42 Å². The number of anilines is 3. The highest BCUT2D eigenvalue weighted by atomic mass is 16.3. The van der Waals surface area contributed by atoms with Crippen molar-refractivity contribution >= 4 is 61.6 Å². The van der Waals surface area contributed by atoms with Crippen LogP contribution < -0.4 is 4.90 Å². The fraction of sp³-hybridized carbons (Fsp3) is 0.194. The molecule has 0 spiro atoms. The molecular formula is C62H52N2O. The average molecular weight is 841 g/mol. The lowest BCUT2D eigenvalue weighted by Gasteiger charge is -2.44. The third-order valence-corrected chi connectivity index (χ3v) is 15.4. The molecule has 9 aromatic rings. The number of fused-ring (bicyclic) bond motifs is 8. The van der Waals surface area contributed by atoms with Crippen LogP contribution in [0.1, 0.15) is 79.8 Å². The van der Waals surface area contributed by atoms with Gasteiger partial charge < -0.3 is 13.9 Å². The monoisotopic (exact) mass is 840 g/mol. The zero-order valence-corrected chi connectivity index (χ0v) is 37.0. The lowest BCUT2D eigenvalue weighted by atomic mass is 9.59. The summed E-state index contributed by atoms with van der Waals surface area (Å²) in [6.45, 7) is 2.44. The topological polar surface area (TPSA) is 21.3 Å². The van der Waals surface area contributed by atoms with Gasteiger partial charge in [-0.3, -0.25) is 0 Å². The van der Waals surface area contributed by atoms with Crippen LogP contribution in [0.15, 0.2) is 192 Å². The Morgan fingerprint density at radius 3 is 2.17 bits per heavy atom. The predicted molar refractivity (Wildman–Crippen MR) is 272 cm³/mol. The van der Waals surface area contributed by atoms with Crippen molar-refractivity contribution in [2.45, 2.75) is 63.7 Å². The summed E-state index contributed by atoms with van der Waals surface area (Å²) in [6, 6.07) is 61.3. The molecule has 0 saturated heterocycles. The first-order chi connectivity index (χ1) is 32.1. The van der Waals surface area contributed by atoms with E-state index in [0.717, 1.165) is 52.6 Å². The van der Waals surface area contributed by atoms with Crippen LogP contribution in [0.5, 0.6) is 0 Å². The summed E-state index contributed by atoms with van der Waals surface area (Å²) >= 11 is 0. The Kier molecular flexibility index (Phi) is 9.01. The number of nitrogens with zero attached hydrogens (tertiary/aromatic N) is 2. The van der Waals surface area contributed by atoms with E-state index < -0.39 is 0 Å². The van der Waals surface area contributed by atoms with Gasteiger partial charge in [0, 0.05) is 56.1 Å². The van der Waals surface area contributed by atoms with Crippen LogP contribution in [0.4, 0.5) is 17.1 Å². The van der Waals surface area contributed by atoms with Crippen LogP contribution in [-0.2, 0) is 11.8 Å². The van der Waals surface area contributed by atoms with E-state index in [1.807, 2.05) is 0 Å². The maximum atomic E-state index is 6.57. The fourth-order valence-electron chi connectivity index (χ4n) is 12.6. The molecule has 13 rings (SSSR count). The molecule has 1 fully saturated rings. The number of para-hydroxylation sites is 2. The minimum absolute atomic E-state index is 0.209. The van der Waals surface area contributed by atoms with Gasteiger partial charge >= 0.3 is 0 Å². The summed E-state index contributed by atoms with van der Waals surface area (Å²) in [5, 5.41) is 3.63. The van der Waals surface area contributed by atoms with Crippen molar-refractivity contribution in [2.75, 3.05) is 4.90 Å². The van der Waals surface area contributed by atoms with Gasteiger partial charge in [0.05, 0.1) is 5.52 Å². The van der Waals surface area contributed by atoms with Crippen LogP contribution in [0.3, 0.4) is 0 Å². The number of furan rings is 1. The summed E-state index contributed by atoms with van der Waals surface area (Å²) < 4.78 is 9.00. The largest absolute Gasteiger partial charge is 0.456 e. The van der Waals surface area contributed by atoms with Gasteiger partial charge in [0.1, 0.15) is 11.2 Å². The van der Waals surface area contributed by atoms with Crippen molar-refractivity contribution in [2.24, 2.45) is 11.8 Å². The molecule has 2 unspecified atom stereocenters. The highest BCUT2D eigenvalue weighted by Gasteiger charge is 2.52. The molecule has 2 aromatic heterocycles. The van der Waals surface area contributed by atoms with Gasteiger partial charge in [0.2, 0.25) is 0 Å². The molecule has 0 N–H and O–H groups in total. The van der Waals surface area contributed by atoms with Crippen molar-refractivity contribution in [3.05, 3.63) is 216 Å². The zero-order valence-electron chi connectivity index (χ0n) is 37.0. The van der Waals surface area contributed by atoms with Crippen molar-refractivity contribution in [1.82, 2.24) is 4.57 Å². The van der Waals surface area contributed by atoms with Crippen LogP contribution in [-0.4, -0.2) is 4.57 Å². The molecule has 2 heterocycles. The van der Waals surface area contributed by atoms with Gasteiger partial charge in [-0.25, -0.2) is 0 Å². The fourth-order valence-corrected chi connectivity index (χ4v) is 12.6. The number of benzene rings is 7. The normalized spacial score (nSPS) is 19.2. The van der Waals surface area contributed by atoms with E-state index >= 15 is 0 Å². The number of hydrogen-bond acceptors (Lipinski definition) is 2. The molecule has 7 aromatic carbocycles. The van der Waals surface area contributed by atoms with Gasteiger partial charge in [-0.1, -0.05) is 135 Å². The number of rotatable bonds is 7. The first-order valence-electron chi connectivity index (χ1n) is 24.0. The lowest BCUT2D eigenvalue weighted by Crippen LogP contribution is -2.38. The minimum atomic E-state index is -0.209. The van der Waals surface area contributed by atoms with Crippen LogP contribution in [0.2, 0.25) is 0 Å². The Labute approximate surface area is 381 Å². The van der Waals surface area contributed by atoms with Crippen molar-refractivity contribution in [3.8, 4) is 16.8 Å². The second-order valence-corrected chi connectivity index (χ2v) is 19.0. The minimum Gasteiger partial charge on any atom is -0.456 e. The lowest BCUT2D eigenvalue weighted by molar-refractivity contribution is 0.273. The zero-order chi connectivity index (χ0) is 43.1. The summed E-state index contributed by atoms with van der Waals surface area (Å²) in [5.74, 6) is 0.990. The molecule has 4 aliphatic rings. The molecule has 0 radical (unpaired) electrons. The van der Waals surface area contributed by atoms with Crippen LogP contribution in [0.25, 0.3) is 61.3 Å². The second kappa shape index (κ2) is 15.3. The summed E-state index contributed by atoms with van der Waals surface area (Å²) in [5.41, 5.74) is 20.1. The third-order valence-electron chi connectivity index (χ3n) is 15.4. The van der Waals surface area contributed by atoms with Crippen LogP contribution in [0, 0.1) is 11.8 Å². The Morgan fingerprint density at radius 1 is 0.600 bits per heavy atom. The molecule has 3 heteroatoms. The Hall–Kier alpha value is -7.10. The third kappa shape index (κ3) is 5.94. The van der Waals surface area contributed by atoms with E-state index in [9.17, 15) is 0 Å². The summed E-state index contributed by atoms with van der Waals surface area (Å²) in [6.07, 6.45) is 19.2. The van der Waals surface area contributed by atoms with E-state index in [-0.39, 0.29) is 5.41 Å². The van der Waals surface area contributed by atoms with Crippen molar-refractivity contribution in [1.29, 1.82) is 0 Å². The number of hydrogen-bond donors (Lipinski definition) is 0. The van der Waals surface area contributed by atoms with Crippen molar-refractivity contribution in [3.63, 3.8) is 0 Å². The number of aromatic nitrogens is 1. The van der Waals surface area contributed by atoms with E-state index in [1.165, 1.54) is 99.0 Å². The van der Waals surface area contributed by atoms with E-state index in [0.29, 0.717) is 11.8 Å². The standard InChI is InChI=1S/C62H52N2O/c1-41-16-15-25-55-61(41)53-36-34-48(39-56(53)62(55,44-17-5-2-6-18-44)45-19-7-3-8-20-45)63(49-33-35-52-51-24-12-14-27-59(51)65-60(52)40-49)47-31-28-42(29-32-47)43-30-37-58-54(38-43)50-23-11-13-26-57(50)64(58)46-21-9-4-10-22-46/h2,4-6,9-10,12-15,17-18,21-22,24-41,45H,3,7-8,11,16,19-20,23H2,1H3. The summed E-state index contributed by atoms with van der Waals surface area (Å²) in [7, 11) is 0. The Bertz CT molecular complexity index is 3390. The van der Waals surface area contributed by atoms with Crippen molar-refractivity contribution < 1.29 is 4.42 Å². The smallest absolute Gasteiger partial charge is 0.137 e. The first-order valence-corrected chi connectivity index (χ1v) is 24.0. The highest BCUT2D eigenvalue weighted by molar-refractivity contribution is 6.06. The maximum Gasteiger partial charge on any atom is 0.137 e. The number of aryl methyl sites for hydroxylation is 1. The highest BCUT2D eigenvalue weighted by Crippen LogP contribution is 2.61. The Morgan fingerprint density at radius 2 is 1.32 bits per heavy atom. The molecule has 0 aliphatic heterocycles. The molecule has 65 heavy (non-hydrogen) atoms. The quantitative estimate of drug-likeness (QED) is 0.159. The molecule has 0 bridgehead atoms. The van der Waals surface area contributed by atoms with Gasteiger partial charge in [0.25, 0.3) is 0 Å². The molecule has 4 aliphatic carbocycles. The van der Waals surface area contributed by atoms with Gasteiger partial charge in [-0.15, -0.1) is 0 Å². The molecule has 2 atom stereocenters. The maximum absolute atomic E-state index is 6.57. The summed E-state index contributed by atoms with van der Waals surface area (Å²) in [4.78, 5) is 2.47. The molecular weight excluding hydrogens is 789 g/mol. The number of allylic oxidation sites excluding steroid dienone is 5. The molecule has 3 nitrogen and oxygen atoms in total. The van der Waals surface area contributed by atoms with Crippen LogP contribution >= 0.6 is 0 Å². The van der Waals surface area contributed by atoms with E-state index in [1.54, 1.807) is 5.57 Å². The second-order valence-electron chi connectivity index (χ2n) is 19.0. The first kappa shape index (κ1) is 38.4. The SMILES string of the molecule is CC1CC=CC2=C1c1ccc(N(c3ccc(-c4ccc5c(c4)c4c(n5-c5ccccc5)C=CCC4)cc3)c3ccc4c(c3)oc3ccccc34)cc1C2(c1ccccc1)C1CCCCC1. The van der Waals surface area contributed by atoms with E-state index in [2.05, 4.69) is 204 Å². The average Bonchev–Trinajstić information content (AvgIpc) is 4.01. The predicted octanol–water partition coefficient (Wildman–Crippen LogP) is 16.9. The molecule has 1 saturated carbocycles. The van der Waals surface area contributed by atoms with Gasteiger partial charge in [-0.2, -0.15) is 0 Å². The van der Waals surface area contributed by atoms with Gasteiger partial charge in [-0.05, 0) is 161 Å². The Balaban J connectivity index is 0.976. The molecule has 0 amide bonds. The molecule has 316 valence electrons. The van der Waals surface area contributed by atoms with Gasteiger partial charge in [0.15, 0.2) is 0 Å².